The van der Waals surface area contributed by atoms with Crippen molar-refractivity contribution in [2.45, 2.75) is 12.5 Å². The lowest BCUT2D eigenvalue weighted by atomic mass is 10.2. The van der Waals surface area contributed by atoms with Crippen LogP contribution < -0.4 is 5.32 Å². The Bertz CT molecular complexity index is 328. The summed E-state index contributed by atoms with van der Waals surface area (Å²) in [5.41, 5.74) is 0.788. The van der Waals surface area contributed by atoms with Crippen LogP contribution in [0.3, 0.4) is 0 Å². The minimum absolute atomic E-state index is 0.358. The van der Waals surface area contributed by atoms with Gasteiger partial charge in [0.05, 0.1) is 0 Å². The van der Waals surface area contributed by atoms with E-state index >= 15 is 0 Å². The van der Waals surface area contributed by atoms with Crippen molar-refractivity contribution in [2.75, 3.05) is 12.4 Å². The van der Waals surface area contributed by atoms with Crippen LogP contribution in [-0.2, 0) is 9.53 Å². The van der Waals surface area contributed by atoms with Crippen LogP contribution in [-0.4, -0.2) is 18.6 Å². The number of anilines is 1. The first kappa shape index (κ1) is 11.0. The molecular weight excluding hydrogens is 202 g/mol. The van der Waals surface area contributed by atoms with Crippen LogP contribution in [0.4, 0.5) is 5.69 Å². The van der Waals surface area contributed by atoms with E-state index in [0.29, 0.717) is 0 Å². The van der Waals surface area contributed by atoms with Gasteiger partial charge in [-0.25, -0.2) is 0 Å². The highest BCUT2D eigenvalue weighted by molar-refractivity contribution is 6.31. The van der Waals surface area contributed by atoms with E-state index in [2.05, 4.69) is 10.1 Å². The van der Waals surface area contributed by atoms with Gasteiger partial charge >= 0.3 is 0 Å². The van der Waals surface area contributed by atoms with Crippen LogP contribution in [0.5, 0.6) is 0 Å². The molecule has 3 nitrogen and oxygen atoms in total. The molecule has 1 rings (SSSR count). The van der Waals surface area contributed by atoms with Crippen LogP contribution in [0, 0.1) is 6.92 Å². The summed E-state index contributed by atoms with van der Waals surface area (Å²) in [5.74, 6) is -0.358. The molecule has 1 aromatic rings. The van der Waals surface area contributed by atoms with Crippen molar-refractivity contribution < 1.29 is 9.53 Å². The Morgan fingerprint density at radius 2 is 2.14 bits per heavy atom. The zero-order chi connectivity index (χ0) is 10.6. The maximum absolute atomic E-state index is 11.3. The van der Waals surface area contributed by atoms with E-state index in [4.69, 9.17) is 11.6 Å². The Labute approximate surface area is 88.0 Å². The maximum Gasteiger partial charge on any atom is 0.269 e. The van der Waals surface area contributed by atoms with Gasteiger partial charge in [0, 0.05) is 12.8 Å². The van der Waals surface area contributed by atoms with Crippen molar-refractivity contribution in [3.63, 3.8) is 0 Å². The Kier molecular flexibility index (Phi) is 3.92. The number of benzene rings is 1. The van der Waals surface area contributed by atoms with Crippen LogP contribution >= 0.6 is 11.6 Å². The summed E-state index contributed by atoms with van der Waals surface area (Å²) in [5, 5.41) is 2.66. The molecule has 0 aliphatic carbocycles. The van der Waals surface area contributed by atoms with E-state index in [1.165, 1.54) is 7.11 Å². The van der Waals surface area contributed by atoms with Gasteiger partial charge in [-0.15, -0.1) is 0 Å². The first-order chi connectivity index (χ1) is 6.65. The molecule has 0 radical (unpaired) electrons. The normalized spacial score (nSPS) is 12.2. The summed E-state index contributed by atoms with van der Waals surface area (Å²) in [4.78, 5) is 11.3. The smallest absolute Gasteiger partial charge is 0.269 e. The lowest BCUT2D eigenvalue weighted by Gasteiger charge is -2.10. The molecule has 0 bridgehead atoms. The third-order valence-electron chi connectivity index (χ3n) is 1.82. The van der Waals surface area contributed by atoms with Crippen molar-refractivity contribution >= 4 is 23.2 Å². The predicted octanol–water partition coefficient (Wildman–Crippen LogP) is 2.14. The highest BCUT2D eigenvalue weighted by atomic mass is 35.5. The number of hydrogen-bond donors (Lipinski definition) is 1. The van der Waals surface area contributed by atoms with Crippen LogP contribution in [0.15, 0.2) is 24.3 Å². The van der Waals surface area contributed by atoms with Gasteiger partial charge in [-0.1, -0.05) is 29.8 Å². The second kappa shape index (κ2) is 4.98. The number of ether oxygens (including phenoxy) is 1. The number of alkyl halides is 1. The molecule has 1 atom stereocenters. The van der Waals surface area contributed by atoms with Crippen molar-refractivity contribution in [3.05, 3.63) is 29.8 Å². The Morgan fingerprint density at radius 1 is 1.50 bits per heavy atom. The van der Waals surface area contributed by atoms with Gasteiger partial charge in [-0.05, 0) is 18.6 Å². The molecule has 1 amide bonds. The molecule has 0 aliphatic rings. The number of amides is 1. The number of carbonyl (C=O) groups excluding carboxylic acids is 1. The standard InChI is InChI=1S/C10H12ClNO2/c1-7-5-3-4-6-8(7)12-10(13)9(11)14-2/h3-6,9H,1-2H3,(H,12,13). The Balaban J connectivity index is 2.70. The van der Waals surface area contributed by atoms with Gasteiger partial charge in [0.1, 0.15) is 0 Å². The summed E-state index contributed by atoms with van der Waals surface area (Å²) in [7, 11) is 1.38. The van der Waals surface area contributed by atoms with Crippen molar-refractivity contribution in [1.29, 1.82) is 0 Å². The molecule has 0 heterocycles. The summed E-state index contributed by atoms with van der Waals surface area (Å²) in [6.07, 6.45) is 0. The summed E-state index contributed by atoms with van der Waals surface area (Å²) in [6, 6.07) is 7.47. The number of methoxy groups -OCH3 is 1. The first-order valence-corrected chi connectivity index (χ1v) is 4.62. The summed E-state index contributed by atoms with van der Waals surface area (Å²) >= 11 is 5.58. The van der Waals surface area contributed by atoms with E-state index in [0.717, 1.165) is 11.3 Å². The summed E-state index contributed by atoms with van der Waals surface area (Å²) < 4.78 is 4.68. The number of nitrogens with one attached hydrogen (secondary N) is 1. The first-order valence-electron chi connectivity index (χ1n) is 4.18. The van der Waals surface area contributed by atoms with Gasteiger partial charge in [0.15, 0.2) is 0 Å². The summed E-state index contributed by atoms with van der Waals surface area (Å²) in [6.45, 7) is 1.91. The lowest BCUT2D eigenvalue weighted by molar-refractivity contribution is -0.121. The molecule has 0 saturated heterocycles. The fourth-order valence-corrected chi connectivity index (χ4v) is 1.06. The molecular formula is C10H12ClNO2. The van der Waals surface area contributed by atoms with Gasteiger partial charge in [-0.2, -0.15) is 0 Å². The third-order valence-corrected chi connectivity index (χ3v) is 2.19. The van der Waals surface area contributed by atoms with E-state index in [-0.39, 0.29) is 5.91 Å². The molecule has 1 N–H and O–H groups in total. The van der Waals surface area contributed by atoms with E-state index in [1.54, 1.807) is 0 Å². The quantitative estimate of drug-likeness (QED) is 0.782. The van der Waals surface area contributed by atoms with Gasteiger partial charge < -0.3 is 10.1 Å². The topological polar surface area (TPSA) is 38.3 Å². The molecule has 76 valence electrons. The fourth-order valence-electron chi connectivity index (χ4n) is 1.01. The second-order valence-corrected chi connectivity index (χ2v) is 3.25. The van der Waals surface area contributed by atoms with Gasteiger partial charge in [0.25, 0.3) is 5.91 Å². The second-order valence-electron chi connectivity index (χ2n) is 2.86. The number of carbonyl (C=O) groups is 1. The van der Waals surface area contributed by atoms with Crippen molar-refractivity contribution in [1.82, 2.24) is 0 Å². The average Bonchev–Trinajstić information content (AvgIpc) is 2.20. The maximum atomic E-state index is 11.3. The Hall–Kier alpha value is -1.06. The highest BCUT2D eigenvalue weighted by Crippen LogP contribution is 2.14. The molecule has 0 aromatic heterocycles. The number of hydrogen-bond acceptors (Lipinski definition) is 2. The minimum Gasteiger partial charge on any atom is -0.357 e. The van der Waals surface area contributed by atoms with Crippen LogP contribution in [0.2, 0.25) is 0 Å². The third kappa shape index (κ3) is 2.72. The molecule has 1 aromatic carbocycles. The number of aryl methyl sites for hydroxylation is 1. The van der Waals surface area contributed by atoms with Gasteiger partial charge in [-0.3, -0.25) is 4.79 Å². The highest BCUT2D eigenvalue weighted by Gasteiger charge is 2.14. The Morgan fingerprint density at radius 3 is 2.71 bits per heavy atom. The molecule has 1 unspecified atom stereocenters. The number of rotatable bonds is 3. The molecule has 14 heavy (non-hydrogen) atoms. The fraction of sp³-hybridized carbons (Fsp3) is 0.300. The average molecular weight is 214 g/mol. The molecule has 4 heteroatoms. The number of para-hydroxylation sites is 1. The van der Waals surface area contributed by atoms with E-state index in [1.807, 2.05) is 31.2 Å². The largest absolute Gasteiger partial charge is 0.357 e. The molecule has 0 aliphatic heterocycles. The predicted molar refractivity (Wildman–Crippen MR) is 56.5 cm³/mol. The minimum atomic E-state index is -0.949. The monoisotopic (exact) mass is 213 g/mol. The zero-order valence-corrected chi connectivity index (χ0v) is 8.84. The van der Waals surface area contributed by atoms with Crippen molar-refractivity contribution in [3.8, 4) is 0 Å². The SMILES string of the molecule is COC(Cl)C(=O)Nc1ccccc1C. The molecule has 0 fully saturated rings. The molecule has 0 saturated carbocycles. The lowest BCUT2D eigenvalue weighted by Crippen LogP contribution is -2.24. The van der Waals surface area contributed by atoms with Crippen LogP contribution in [0.1, 0.15) is 5.56 Å². The van der Waals surface area contributed by atoms with E-state index < -0.39 is 5.56 Å². The zero-order valence-electron chi connectivity index (χ0n) is 8.08. The van der Waals surface area contributed by atoms with Crippen LogP contribution in [0.25, 0.3) is 0 Å². The number of halogens is 1. The van der Waals surface area contributed by atoms with E-state index in [9.17, 15) is 4.79 Å². The van der Waals surface area contributed by atoms with Gasteiger partial charge in [0.2, 0.25) is 5.56 Å². The van der Waals surface area contributed by atoms with Crippen molar-refractivity contribution in [2.24, 2.45) is 0 Å². The molecule has 0 spiro atoms.